The van der Waals surface area contributed by atoms with E-state index in [1.54, 1.807) is 14.2 Å². The van der Waals surface area contributed by atoms with E-state index in [1.165, 1.54) is 0 Å². The maximum Gasteiger partial charge on any atom is 0.227 e. The zero-order valence-electron chi connectivity index (χ0n) is 18.3. The highest BCUT2D eigenvalue weighted by atomic mass is 16.5. The maximum atomic E-state index is 12.4. The molecule has 7 heteroatoms. The highest BCUT2D eigenvalue weighted by Crippen LogP contribution is 2.33. The summed E-state index contributed by atoms with van der Waals surface area (Å²) in [5.41, 5.74) is 4.16. The zero-order chi connectivity index (χ0) is 22.5. The van der Waals surface area contributed by atoms with Crippen molar-refractivity contribution in [2.24, 2.45) is 0 Å². The summed E-state index contributed by atoms with van der Waals surface area (Å²) in [5, 5.41) is 2.98. The second-order valence-corrected chi connectivity index (χ2v) is 7.30. The number of nitrogens with zero attached hydrogens (tertiary/aromatic N) is 1. The predicted molar refractivity (Wildman–Crippen MR) is 125 cm³/mol. The monoisotopic (exact) mass is 431 g/mol. The first-order valence-corrected chi connectivity index (χ1v) is 10.3. The molecule has 0 aliphatic heterocycles. The van der Waals surface area contributed by atoms with E-state index in [4.69, 9.17) is 14.2 Å². The Morgan fingerprint density at radius 3 is 2.50 bits per heavy atom. The summed E-state index contributed by atoms with van der Waals surface area (Å²) >= 11 is 0. The third kappa shape index (κ3) is 4.67. The quantitative estimate of drug-likeness (QED) is 0.412. The van der Waals surface area contributed by atoms with Crippen molar-refractivity contribution in [2.45, 2.75) is 13.3 Å². The van der Waals surface area contributed by atoms with E-state index in [-0.39, 0.29) is 12.3 Å². The lowest BCUT2D eigenvalue weighted by molar-refractivity contribution is -0.116. The third-order valence-corrected chi connectivity index (χ3v) is 5.11. The van der Waals surface area contributed by atoms with Crippen LogP contribution in [0.5, 0.6) is 17.2 Å². The number of hydrogen-bond donors (Lipinski definition) is 2. The fraction of sp³-hybridized carbons (Fsp3) is 0.200. The summed E-state index contributed by atoms with van der Waals surface area (Å²) in [7, 11) is 3.19. The fourth-order valence-electron chi connectivity index (χ4n) is 3.37. The van der Waals surface area contributed by atoms with Crippen molar-refractivity contribution in [3.05, 3.63) is 66.2 Å². The van der Waals surface area contributed by atoms with Crippen molar-refractivity contribution >= 4 is 22.6 Å². The lowest BCUT2D eigenvalue weighted by Gasteiger charge is -2.10. The first-order valence-electron chi connectivity index (χ1n) is 10.3. The number of aromatic nitrogens is 2. The molecule has 0 radical (unpaired) electrons. The fourth-order valence-corrected chi connectivity index (χ4v) is 3.37. The first kappa shape index (κ1) is 21.2. The van der Waals surface area contributed by atoms with Crippen LogP contribution in [0.1, 0.15) is 12.0 Å². The number of anilines is 1. The number of imidazole rings is 1. The zero-order valence-corrected chi connectivity index (χ0v) is 18.3. The number of rotatable bonds is 8. The average molecular weight is 431 g/mol. The van der Waals surface area contributed by atoms with Crippen molar-refractivity contribution in [3.8, 4) is 28.6 Å². The van der Waals surface area contributed by atoms with Gasteiger partial charge in [0, 0.05) is 23.4 Å². The molecule has 2 N–H and O–H groups in total. The average Bonchev–Trinajstić information content (AvgIpc) is 3.23. The van der Waals surface area contributed by atoms with Gasteiger partial charge in [-0.25, -0.2) is 4.98 Å². The highest BCUT2D eigenvalue weighted by Gasteiger charge is 2.13. The summed E-state index contributed by atoms with van der Waals surface area (Å²) in [4.78, 5) is 20.4. The molecule has 0 fully saturated rings. The standard InChI is InChI=1S/C25H25N3O4/c1-16-9-10-17(25-27-20-14-22(30-2)23(31-3)15-21(20)28-25)13-19(16)26-24(29)11-12-32-18-7-5-4-6-8-18/h4-10,13-15H,11-12H2,1-3H3,(H,26,29)(H,27,28). The molecule has 164 valence electrons. The number of nitrogens with one attached hydrogen (secondary N) is 2. The minimum absolute atomic E-state index is 0.111. The van der Waals surface area contributed by atoms with Crippen molar-refractivity contribution in [2.75, 3.05) is 26.1 Å². The number of fused-ring (bicyclic) bond motifs is 1. The Balaban J connectivity index is 1.49. The van der Waals surface area contributed by atoms with Crippen molar-refractivity contribution in [1.29, 1.82) is 0 Å². The molecule has 0 aliphatic carbocycles. The Morgan fingerprint density at radius 1 is 1.00 bits per heavy atom. The number of aromatic amines is 1. The SMILES string of the molecule is COc1cc2nc(-c3ccc(C)c(NC(=O)CCOc4ccccc4)c3)[nH]c2cc1OC. The molecule has 1 heterocycles. The van der Waals surface area contributed by atoms with Gasteiger partial charge in [0.15, 0.2) is 11.5 Å². The van der Waals surface area contributed by atoms with Crippen LogP contribution in [-0.2, 0) is 4.79 Å². The molecule has 3 aromatic carbocycles. The van der Waals surface area contributed by atoms with Gasteiger partial charge in [-0.05, 0) is 30.7 Å². The Morgan fingerprint density at radius 2 is 1.75 bits per heavy atom. The molecule has 4 aromatic rings. The molecule has 1 amide bonds. The lowest BCUT2D eigenvalue weighted by atomic mass is 10.1. The Hall–Kier alpha value is -4.00. The van der Waals surface area contributed by atoms with Crippen LogP contribution in [0.25, 0.3) is 22.4 Å². The van der Waals surface area contributed by atoms with E-state index in [9.17, 15) is 4.79 Å². The second kappa shape index (κ2) is 9.43. The van der Waals surface area contributed by atoms with Gasteiger partial charge < -0.3 is 24.5 Å². The molecule has 1 aromatic heterocycles. The van der Waals surface area contributed by atoms with Crippen LogP contribution in [0.4, 0.5) is 5.69 Å². The van der Waals surface area contributed by atoms with E-state index in [0.717, 1.165) is 33.6 Å². The Labute approximate surface area is 186 Å². The van der Waals surface area contributed by atoms with E-state index in [2.05, 4.69) is 15.3 Å². The third-order valence-electron chi connectivity index (χ3n) is 5.11. The lowest BCUT2D eigenvalue weighted by Crippen LogP contribution is -2.16. The van der Waals surface area contributed by atoms with Crippen LogP contribution in [0, 0.1) is 6.92 Å². The second-order valence-electron chi connectivity index (χ2n) is 7.30. The summed E-state index contributed by atoms with van der Waals surface area (Å²) in [6, 6.07) is 19.0. The van der Waals surface area contributed by atoms with Gasteiger partial charge in [0.25, 0.3) is 0 Å². The number of carbonyl (C=O) groups excluding carboxylic acids is 1. The van der Waals surface area contributed by atoms with Crippen LogP contribution in [-0.4, -0.2) is 36.7 Å². The molecule has 0 atom stereocenters. The molecule has 32 heavy (non-hydrogen) atoms. The van der Waals surface area contributed by atoms with E-state index in [1.807, 2.05) is 67.6 Å². The number of ether oxygens (including phenoxy) is 3. The first-order chi connectivity index (χ1) is 15.6. The van der Waals surface area contributed by atoms with Gasteiger partial charge in [-0.1, -0.05) is 30.3 Å². The maximum absolute atomic E-state index is 12.4. The Bertz CT molecular complexity index is 1190. The van der Waals surface area contributed by atoms with E-state index in [0.29, 0.717) is 23.9 Å². The molecule has 0 aliphatic rings. The van der Waals surface area contributed by atoms with Gasteiger partial charge >= 0.3 is 0 Å². The van der Waals surface area contributed by atoms with Gasteiger partial charge in [0.1, 0.15) is 11.6 Å². The largest absolute Gasteiger partial charge is 0.493 e. The summed E-state index contributed by atoms with van der Waals surface area (Å²) in [5.74, 6) is 2.58. The molecule has 0 saturated carbocycles. The van der Waals surface area contributed by atoms with Crippen molar-refractivity contribution in [3.63, 3.8) is 0 Å². The van der Waals surface area contributed by atoms with Crippen LogP contribution in [0.3, 0.4) is 0 Å². The number of benzene rings is 3. The van der Waals surface area contributed by atoms with Gasteiger partial charge in [-0.2, -0.15) is 0 Å². The number of amides is 1. The molecule has 0 unspecified atom stereocenters. The van der Waals surface area contributed by atoms with Gasteiger partial charge in [-0.15, -0.1) is 0 Å². The summed E-state index contributed by atoms with van der Waals surface area (Å²) in [6.45, 7) is 2.26. The van der Waals surface area contributed by atoms with Crippen molar-refractivity contribution < 1.29 is 19.0 Å². The smallest absolute Gasteiger partial charge is 0.227 e. The minimum Gasteiger partial charge on any atom is -0.493 e. The molecule has 0 spiro atoms. The predicted octanol–water partition coefficient (Wildman–Crippen LogP) is 4.96. The molecule has 0 bridgehead atoms. The Kier molecular flexibility index (Phi) is 6.26. The van der Waals surface area contributed by atoms with Gasteiger partial charge in [0.2, 0.25) is 5.91 Å². The summed E-state index contributed by atoms with van der Waals surface area (Å²) < 4.78 is 16.3. The van der Waals surface area contributed by atoms with E-state index >= 15 is 0 Å². The van der Waals surface area contributed by atoms with Crippen molar-refractivity contribution in [1.82, 2.24) is 9.97 Å². The summed E-state index contributed by atoms with van der Waals surface area (Å²) in [6.07, 6.45) is 0.253. The van der Waals surface area contributed by atoms with E-state index < -0.39 is 0 Å². The number of methoxy groups -OCH3 is 2. The highest BCUT2D eigenvalue weighted by molar-refractivity contribution is 5.92. The minimum atomic E-state index is -0.111. The number of carbonyl (C=O) groups is 1. The number of hydrogen-bond acceptors (Lipinski definition) is 5. The van der Waals surface area contributed by atoms with Crippen LogP contribution in [0.15, 0.2) is 60.7 Å². The molecule has 0 saturated heterocycles. The molecular weight excluding hydrogens is 406 g/mol. The van der Waals surface area contributed by atoms with Crippen LogP contribution >= 0.6 is 0 Å². The van der Waals surface area contributed by atoms with Crippen LogP contribution in [0.2, 0.25) is 0 Å². The van der Waals surface area contributed by atoms with Gasteiger partial charge in [0.05, 0.1) is 38.3 Å². The van der Waals surface area contributed by atoms with Gasteiger partial charge in [-0.3, -0.25) is 4.79 Å². The molecule has 7 nitrogen and oxygen atoms in total. The number of para-hydroxylation sites is 1. The topological polar surface area (TPSA) is 85.5 Å². The van der Waals surface area contributed by atoms with Crippen LogP contribution < -0.4 is 19.5 Å². The number of aryl methyl sites for hydroxylation is 1. The molecule has 4 rings (SSSR count). The normalized spacial score (nSPS) is 10.7. The molecular formula is C25H25N3O4. The number of H-pyrrole nitrogens is 1.